The van der Waals surface area contributed by atoms with E-state index in [1.54, 1.807) is 6.07 Å². The second-order valence-corrected chi connectivity index (χ2v) is 5.85. The Morgan fingerprint density at radius 2 is 2.07 bits per heavy atom. The third-order valence-electron chi connectivity index (χ3n) is 3.02. The smallest absolute Gasteiger partial charge is 0.211 e. The van der Waals surface area contributed by atoms with Gasteiger partial charge in [-0.15, -0.1) is 0 Å². The summed E-state index contributed by atoms with van der Waals surface area (Å²) in [5.74, 6) is 0.00662. The number of hydrogen-bond acceptors (Lipinski definition) is 3. The molecule has 1 aliphatic rings. The third-order valence-corrected chi connectivity index (χ3v) is 4.19. The molecule has 1 rings (SSSR count). The molecular weight excluding hydrogens is 212 g/mol. The summed E-state index contributed by atoms with van der Waals surface area (Å²) in [6.07, 6.45) is 5.27. The van der Waals surface area contributed by atoms with Crippen LogP contribution in [-0.2, 0) is 10.0 Å². The van der Waals surface area contributed by atoms with Gasteiger partial charge in [0, 0.05) is 6.04 Å². The van der Waals surface area contributed by atoms with Crippen molar-refractivity contribution in [2.75, 3.05) is 5.75 Å². The van der Waals surface area contributed by atoms with Crippen LogP contribution in [0.15, 0.2) is 0 Å². The highest BCUT2D eigenvalue weighted by Gasteiger charge is 2.27. The summed E-state index contributed by atoms with van der Waals surface area (Å²) in [6, 6.07) is 1.72. The fraction of sp³-hybridized carbons (Fsp3) is 0.900. The zero-order valence-electron chi connectivity index (χ0n) is 9.07. The number of sulfonamides is 1. The van der Waals surface area contributed by atoms with E-state index in [0.717, 1.165) is 25.7 Å². The van der Waals surface area contributed by atoms with Crippen molar-refractivity contribution in [2.24, 2.45) is 5.92 Å². The van der Waals surface area contributed by atoms with Gasteiger partial charge in [-0.05, 0) is 18.8 Å². The topological polar surface area (TPSA) is 70.0 Å². The molecule has 1 N–H and O–H groups in total. The molecule has 86 valence electrons. The van der Waals surface area contributed by atoms with Crippen molar-refractivity contribution in [1.82, 2.24) is 4.72 Å². The predicted molar refractivity (Wildman–Crippen MR) is 58.6 cm³/mol. The summed E-state index contributed by atoms with van der Waals surface area (Å²) in [7, 11) is -3.39. The summed E-state index contributed by atoms with van der Waals surface area (Å²) in [5.41, 5.74) is 0. The van der Waals surface area contributed by atoms with Gasteiger partial charge in [0.2, 0.25) is 10.0 Å². The van der Waals surface area contributed by atoms with Gasteiger partial charge in [0.15, 0.2) is 5.75 Å². The van der Waals surface area contributed by atoms with Gasteiger partial charge in [-0.1, -0.05) is 26.2 Å². The van der Waals surface area contributed by atoms with Gasteiger partial charge in [0.25, 0.3) is 0 Å². The van der Waals surface area contributed by atoms with E-state index in [4.69, 9.17) is 5.26 Å². The highest BCUT2D eigenvalue weighted by molar-refractivity contribution is 7.89. The number of nitrogens with zero attached hydrogens (tertiary/aromatic N) is 1. The minimum atomic E-state index is -3.39. The molecule has 0 amide bonds. The summed E-state index contributed by atoms with van der Waals surface area (Å²) >= 11 is 0. The Morgan fingerprint density at radius 1 is 1.40 bits per heavy atom. The average molecular weight is 230 g/mol. The number of rotatable bonds is 4. The van der Waals surface area contributed by atoms with Gasteiger partial charge in [-0.3, -0.25) is 0 Å². The molecule has 5 heteroatoms. The molecule has 15 heavy (non-hydrogen) atoms. The Balaban J connectivity index is 2.59. The molecule has 1 aliphatic carbocycles. The lowest BCUT2D eigenvalue weighted by Gasteiger charge is -2.30. The van der Waals surface area contributed by atoms with E-state index in [0.29, 0.717) is 5.92 Å². The van der Waals surface area contributed by atoms with Crippen LogP contribution < -0.4 is 4.72 Å². The Hall–Kier alpha value is -0.600. The normalized spacial score (nSPS) is 27.2. The van der Waals surface area contributed by atoms with Crippen molar-refractivity contribution in [2.45, 2.75) is 45.1 Å². The van der Waals surface area contributed by atoms with Crippen molar-refractivity contribution in [3.8, 4) is 6.07 Å². The van der Waals surface area contributed by atoms with Gasteiger partial charge in [-0.25, -0.2) is 13.1 Å². The molecule has 0 saturated heterocycles. The Bertz CT molecular complexity index is 332. The minimum Gasteiger partial charge on any atom is -0.211 e. The number of nitriles is 1. The summed E-state index contributed by atoms with van der Waals surface area (Å²) in [6.45, 7) is 2.08. The monoisotopic (exact) mass is 230 g/mol. The van der Waals surface area contributed by atoms with Crippen LogP contribution in [0, 0.1) is 17.2 Å². The Morgan fingerprint density at radius 3 is 2.67 bits per heavy atom. The molecular formula is C10H18N2O2S. The van der Waals surface area contributed by atoms with E-state index >= 15 is 0 Å². The van der Waals surface area contributed by atoms with Crippen molar-refractivity contribution in [3.05, 3.63) is 0 Å². The van der Waals surface area contributed by atoms with E-state index in [9.17, 15) is 8.42 Å². The molecule has 0 bridgehead atoms. The second-order valence-electron chi connectivity index (χ2n) is 4.09. The molecule has 0 aromatic rings. The maximum absolute atomic E-state index is 11.4. The maximum atomic E-state index is 11.4. The molecule has 0 spiro atoms. The molecule has 0 heterocycles. The standard InChI is InChI=1S/C10H18N2O2S/c1-2-9-5-3-4-6-10(9)12-15(13,14)8-7-11/h9-10,12H,2-6,8H2,1H3. The number of nitrogens with one attached hydrogen (secondary N) is 1. The maximum Gasteiger partial charge on any atom is 0.225 e. The molecule has 0 aromatic heterocycles. The lowest BCUT2D eigenvalue weighted by atomic mass is 9.83. The van der Waals surface area contributed by atoms with Crippen LogP contribution in [0.5, 0.6) is 0 Å². The highest BCUT2D eigenvalue weighted by Crippen LogP contribution is 2.27. The van der Waals surface area contributed by atoms with Gasteiger partial charge in [0.05, 0.1) is 6.07 Å². The zero-order chi connectivity index (χ0) is 11.3. The fourth-order valence-electron chi connectivity index (χ4n) is 2.21. The molecule has 1 fully saturated rings. The molecule has 0 radical (unpaired) electrons. The molecule has 2 atom stereocenters. The molecule has 4 nitrogen and oxygen atoms in total. The first kappa shape index (κ1) is 12.5. The molecule has 0 aliphatic heterocycles. The number of hydrogen-bond donors (Lipinski definition) is 1. The van der Waals surface area contributed by atoms with E-state index in [-0.39, 0.29) is 6.04 Å². The van der Waals surface area contributed by atoms with Crippen LogP contribution in [0.3, 0.4) is 0 Å². The first-order chi connectivity index (χ1) is 7.09. The molecule has 0 aromatic carbocycles. The Kier molecular flexibility index (Phi) is 4.55. The summed E-state index contributed by atoms with van der Waals surface area (Å²) in [4.78, 5) is 0. The van der Waals surface area contributed by atoms with E-state index in [2.05, 4.69) is 11.6 Å². The molecule has 1 saturated carbocycles. The van der Waals surface area contributed by atoms with Crippen LogP contribution >= 0.6 is 0 Å². The first-order valence-electron chi connectivity index (χ1n) is 5.46. The minimum absolute atomic E-state index is 0.0436. The van der Waals surface area contributed by atoms with Crippen molar-refractivity contribution in [3.63, 3.8) is 0 Å². The van der Waals surface area contributed by atoms with Crippen molar-refractivity contribution < 1.29 is 8.42 Å². The zero-order valence-corrected chi connectivity index (χ0v) is 9.89. The van der Waals surface area contributed by atoms with Gasteiger partial charge < -0.3 is 0 Å². The quantitative estimate of drug-likeness (QED) is 0.793. The Labute approximate surface area is 91.7 Å². The van der Waals surface area contributed by atoms with Crippen LogP contribution in [0.25, 0.3) is 0 Å². The van der Waals surface area contributed by atoms with Crippen molar-refractivity contribution >= 4 is 10.0 Å². The fourth-order valence-corrected chi connectivity index (χ4v) is 3.23. The van der Waals surface area contributed by atoms with E-state index in [1.165, 1.54) is 6.42 Å². The van der Waals surface area contributed by atoms with Crippen molar-refractivity contribution in [1.29, 1.82) is 5.26 Å². The SMILES string of the molecule is CCC1CCCCC1NS(=O)(=O)CC#N. The van der Waals surface area contributed by atoms with E-state index in [1.807, 2.05) is 0 Å². The van der Waals surface area contributed by atoms with Crippen LogP contribution in [-0.4, -0.2) is 20.2 Å². The largest absolute Gasteiger partial charge is 0.225 e. The van der Waals surface area contributed by atoms with Gasteiger partial charge in [-0.2, -0.15) is 5.26 Å². The van der Waals surface area contributed by atoms with Crippen LogP contribution in [0.4, 0.5) is 0 Å². The average Bonchev–Trinajstić information content (AvgIpc) is 2.17. The van der Waals surface area contributed by atoms with E-state index < -0.39 is 15.8 Å². The summed E-state index contributed by atoms with van der Waals surface area (Å²) in [5, 5.41) is 8.39. The first-order valence-corrected chi connectivity index (χ1v) is 7.11. The van der Waals surface area contributed by atoms with Crippen LogP contribution in [0.1, 0.15) is 39.0 Å². The lowest BCUT2D eigenvalue weighted by Crippen LogP contribution is -2.42. The third kappa shape index (κ3) is 3.80. The van der Waals surface area contributed by atoms with Crippen LogP contribution in [0.2, 0.25) is 0 Å². The lowest BCUT2D eigenvalue weighted by molar-refractivity contribution is 0.282. The van der Waals surface area contributed by atoms with Gasteiger partial charge in [0.1, 0.15) is 0 Å². The predicted octanol–water partition coefficient (Wildman–Crippen LogP) is 1.40. The highest BCUT2D eigenvalue weighted by atomic mass is 32.2. The second kappa shape index (κ2) is 5.47. The van der Waals surface area contributed by atoms with Gasteiger partial charge >= 0.3 is 0 Å². The molecule has 2 unspecified atom stereocenters. The summed E-state index contributed by atoms with van der Waals surface area (Å²) < 4.78 is 25.5.